The van der Waals surface area contributed by atoms with E-state index >= 15 is 0 Å². The molecule has 0 aliphatic carbocycles. The van der Waals surface area contributed by atoms with Gasteiger partial charge in [0.2, 0.25) is 0 Å². The number of fused-ring (bicyclic) bond motifs is 1. The number of hydrogen-bond acceptors (Lipinski definition) is 2. The van der Waals surface area contributed by atoms with Crippen molar-refractivity contribution < 1.29 is 13.5 Å². The lowest BCUT2D eigenvalue weighted by Gasteiger charge is -2.11. The van der Waals surface area contributed by atoms with Crippen LogP contribution in [-0.2, 0) is 11.3 Å². The van der Waals surface area contributed by atoms with Gasteiger partial charge in [-0.2, -0.15) is 0 Å². The molecule has 0 amide bonds. The second kappa shape index (κ2) is 5.16. The van der Waals surface area contributed by atoms with Gasteiger partial charge in [-0.3, -0.25) is 0 Å². The Hall–Kier alpha value is -1.27. The number of halogens is 2. The highest BCUT2D eigenvalue weighted by Crippen LogP contribution is 2.20. The molecule has 0 saturated carbocycles. The van der Waals surface area contributed by atoms with E-state index in [1.807, 2.05) is 6.92 Å². The number of methoxy groups -OCH3 is 1. The SMILES string of the molecule is COCC(C)Cn1c(=S)[nH]c2c(F)cc(F)cc21. The van der Waals surface area contributed by atoms with Gasteiger partial charge in [0.15, 0.2) is 10.6 Å². The lowest BCUT2D eigenvalue weighted by atomic mass is 10.2. The van der Waals surface area contributed by atoms with Crippen molar-refractivity contribution >= 4 is 23.3 Å². The third-order valence-corrected chi connectivity index (χ3v) is 3.07. The maximum absolute atomic E-state index is 13.6. The first kappa shape index (κ1) is 13.2. The minimum atomic E-state index is -0.630. The molecule has 0 saturated heterocycles. The summed E-state index contributed by atoms with van der Waals surface area (Å²) in [7, 11) is 1.62. The van der Waals surface area contributed by atoms with E-state index in [1.54, 1.807) is 11.7 Å². The third kappa shape index (κ3) is 2.44. The number of nitrogens with zero attached hydrogens (tertiary/aromatic N) is 1. The van der Waals surface area contributed by atoms with Crippen LogP contribution < -0.4 is 0 Å². The molecule has 1 aromatic carbocycles. The van der Waals surface area contributed by atoms with Crippen molar-refractivity contribution in [1.82, 2.24) is 9.55 Å². The van der Waals surface area contributed by atoms with Crippen molar-refractivity contribution in [3.05, 3.63) is 28.5 Å². The van der Waals surface area contributed by atoms with E-state index in [-0.39, 0.29) is 11.4 Å². The van der Waals surface area contributed by atoms with Crippen molar-refractivity contribution in [3.8, 4) is 0 Å². The predicted molar refractivity (Wildman–Crippen MR) is 68.1 cm³/mol. The number of H-pyrrole nitrogens is 1. The number of ether oxygens (including phenoxy) is 1. The molecule has 1 atom stereocenters. The van der Waals surface area contributed by atoms with Gasteiger partial charge in [-0.25, -0.2) is 8.78 Å². The summed E-state index contributed by atoms with van der Waals surface area (Å²) in [5, 5.41) is 0. The zero-order valence-electron chi connectivity index (χ0n) is 10.2. The normalized spacial score (nSPS) is 13.1. The molecular weight excluding hydrogens is 258 g/mol. The second-order valence-electron chi connectivity index (χ2n) is 4.38. The summed E-state index contributed by atoms with van der Waals surface area (Å²) in [5.74, 6) is -1.04. The van der Waals surface area contributed by atoms with Gasteiger partial charge in [0.05, 0.1) is 12.1 Å². The quantitative estimate of drug-likeness (QED) is 0.866. The van der Waals surface area contributed by atoms with Gasteiger partial charge in [-0.1, -0.05) is 6.92 Å². The van der Waals surface area contributed by atoms with Crippen LogP contribution in [0, 0.1) is 22.3 Å². The highest BCUT2D eigenvalue weighted by atomic mass is 32.1. The molecule has 0 aliphatic rings. The maximum Gasteiger partial charge on any atom is 0.178 e. The second-order valence-corrected chi connectivity index (χ2v) is 4.77. The fourth-order valence-corrected chi connectivity index (χ4v) is 2.29. The first-order valence-corrected chi connectivity index (χ1v) is 6.00. The Morgan fingerprint density at radius 1 is 1.44 bits per heavy atom. The lowest BCUT2D eigenvalue weighted by Crippen LogP contribution is -2.12. The highest BCUT2D eigenvalue weighted by Gasteiger charge is 2.13. The smallest absolute Gasteiger partial charge is 0.178 e. The maximum atomic E-state index is 13.6. The summed E-state index contributed by atoms with van der Waals surface area (Å²) < 4.78 is 33.9. The monoisotopic (exact) mass is 272 g/mol. The number of nitrogens with one attached hydrogen (secondary N) is 1. The average Bonchev–Trinajstić information content (AvgIpc) is 2.58. The van der Waals surface area contributed by atoms with Crippen LogP contribution in [0.15, 0.2) is 12.1 Å². The summed E-state index contributed by atoms with van der Waals surface area (Å²) >= 11 is 5.14. The van der Waals surface area contributed by atoms with E-state index in [4.69, 9.17) is 17.0 Å². The van der Waals surface area contributed by atoms with Crippen LogP contribution in [0.2, 0.25) is 0 Å². The van der Waals surface area contributed by atoms with E-state index in [9.17, 15) is 8.78 Å². The molecule has 0 radical (unpaired) electrons. The van der Waals surface area contributed by atoms with E-state index in [1.165, 1.54) is 6.07 Å². The Bertz CT molecular complexity index is 620. The van der Waals surface area contributed by atoms with Gasteiger partial charge in [-0.15, -0.1) is 0 Å². The molecule has 2 rings (SSSR count). The van der Waals surface area contributed by atoms with Crippen molar-refractivity contribution in [3.63, 3.8) is 0 Å². The number of aromatic nitrogens is 2. The molecule has 0 fully saturated rings. The molecule has 0 spiro atoms. The van der Waals surface area contributed by atoms with Gasteiger partial charge in [0.25, 0.3) is 0 Å². The molecule has 0 aliphatic heterocycles. The number of aromatic amines is 1. The Balaban J connectivity index is 2.50. The van der Waals surface area contributed by atoms with Gasteiger partial charge in [0.1, 0.15) is 11.3 Å². The number of hydrogen-bond donors (Lipinski definition) is 1. The van der Waals surface area contributed by atoms with Crippen LogP contribution in [0.25, 0.3) is 11.0 Å². The van der Waals surface area contributed by atoms with Crippen molar-refractivity contribution in [2.24, 2.45) is 5.92 Å². The summed E-state index contributed by atoms with van der Waals surface area (Å²) in [6, 6.07) is 2.13. The molecule has 98 valence electrons. The van der Waals surface area contributed by atoms with Gasteiger partial charge < -0.3 is 14.3 Å². The average molecular weight is 272 g/mol. The third-order valence-electron chi connectivity index (χ3n) is 2.75. The fourth-order valence-electron chi connectivity index (χ4n) is 2.01. The molecule has 2 aromatic rings. The Morgan fingerprint density at radius 3 is 2.83 bits per heavy atom. The molecule has 1 heterocycles. The summed E-state index contributed by atoms with van der Waals surface area (Å²) in [5.41, 5.74) is 0.687. The van der Waals surface area contributed by atoms with Gasteiger partial charge >= 0.3 is 0 Å². The van der Waals surface area contributed by atoms with E-state index < -0.39 is 11.6 Å². The molecule has 0 bridgehead atoms. The van der Waals surface area contributed by atoms with Crippen molar-refractivity contribution in [1.29, 1.82) is 0 Å². The molecule has 18 heavy (non-hydrogen) atoms. The van der Waals surface area contributed by atoms with Crippen LogP contribution >= 0.6 is 12.2 Å². The largest absolute Gasteiger partial charge is 0.384 e. The molecule has 1 N–H and O–H groups in total. The summed E-state index contributed by atoms with van der Waals surface area (Å²) in [6.45, 7) is 3.10. The molecule has 1 aromatic heterocycles. The number of rotatable bonds is 4. The van der Waals surface area contributed by atoms with E-state index in [0.29, 0.717) is 23.4 Å². The minimum absolute atomic E-state index is 0.201. The Kier molecular flexibility index (Phi) is 3.77. The van der Waals surface area contributed by atoms with Gasteiger partial charge in [0, 0.05) is 19.7 Å². The van der Waals surface area contributed by atoms with Gasteiger partial charge in [-0.05, 0) is 24.2 Å². The minimum Gasteiger partial charge on any atom is -0.384 e. The lowest BCUT2D eigenvalue weighted by molar-refractivity contribution is 0.152. The summed E-state index contributed by atoms with van der Waals surface area (Å²) in [4.78, 5) is 2.77. The van der Waals surface area contributed by atoms with E-state index in [0.717, 1.165) is 6.07 Å². The zero-order chi connectivity index (χ0) is 13.3. The molecular formula is C12H14F2N2OS. The topological polar surface area (TPSA) is 29.9 Å². The fraction of sp³-hybridized carbons (Fsp3) is 0.417. The van der Waals surface area contributed by atoms with Crippen LogP contribution in [0.4, 0.5) is 8.78 Å². The first-order chi connectivity index (χ1) is 8.52. The van der Waals surface area contributed by atoms with Crippen molar-refractivity contribution in [2.45, 2.75) is 13.5 Å². The van der Waals surface area contributed by atoms with Crippen LogP contribution in [0.5, 0.6) is 0 Å². The standard InChI is InChI=1S/C12H14F2N2OS/c1-7(6-17-2)5-16-10-4-8(13)3-9(14)11(10)15-12(16)18/h3-4,7H,5-6H2,1-2H3,(H,15,18). The summed E-state index contributed by atoms with van der Waals surface area (Å²) in [6.07, 6.45) is 0. The zero-order valence-corrected chi connectivity index (χ0v) is 11.0. The van der Waals surface area contributed by atoms with Crippen LogP contribution in [0.1, 0.15) is 6.92 Å². The number of benzene rings is 1. The number of imidazole rings is 1. The van der Waals surface area contributed by atoms with Crippen LogP contribution in [0.3, 0.4) is 0 Å². The Morgan fingerprint density at radius 2 is 2.17 bits per heavy atom. The van der Waals surface area contributed by atoms with Crippen LogP contribution in [-0.4, -0.2) is 23.3 Å². The molecule has 1 unspecified atom stereocenters. The molecule has 6 heteroatoms. The molecule has 3 nitrogen and oxygen atoms in total. The first-order valence-electron chi connectivity index (χ1n) is 5.59. The highest BCUT2D eigenvalue weighted by molar-refractivity contribution is 7.71. The van der Waals surface area contributed by atoms with E-state index in [2.05, 4.69) is 4.98 Å². The predicted octanol–water partition coefficient (Wildman–Crippen LogP) is 3.26. The van der Waals surface area contributed by atoms with Crippen molar-refractivity contribution in [2.75, 3.05) is 13.7 Å². The Labute approximate surface area is 108 Å².